The molecule has 1 atom stereocenters. The Labute approximate surface area is 113 Å². The number of ether oxygens (including phenoxy) is 1. The van der Waals surface area contributed by atoms with E-state index < -0.39 is 0 Å². The van der Waals surface area contributed by atoms with Crippen molar-refractivity contribution < 1.29 is 9.53 Å². The lowest BCUT2D eigenvalue weighted by atomic mass is 9.95. The topological polar surface area (TPSA) is 63.2 Å². The van der Waals surface area contributed by atoms with Crippen LogP contribution in [0.15, 0.2) is 18.3 Å². The molecular weight excluding hydrogens is 242 g/mol. The molecule has 0 bridgehead atoms. The van der Waals surface area contributed by atoms with Crippen molar-refractivity contribution in [1.82, 2.24) is 10.3 Å². The molecule has 0 saturated carbocycles. The van der Waals surface area contributed by atoms with E-state index in [1.165, 1.54) is 0 Å². The largest absolute Gasteiger partial charge is 0.384 e. The van der Waals surface area contributed by atoms with Gasteiger partial charge in [-0.2, -0.15) is 0 Å². The summed E-state index contributed by atoms with van der Waals surface area (Å²) >= 11 is 0. The quantitative estimate of drug-likeness (QED) is 0.869. The predicted molar refractivity (Wildman–Crippen MR) is 74.3 cm³/mol. The molecule has 5 nitrogen and oxygen atoms in total. The molecule has 1 amide bonds. The Morgan fingerprint density at radius 2 is 2.37 bits per heavy atom. The van der Waals surface area contributed by atoms with Gasteiger partial charge in [0.25, 0.3) is 5.91 Å². The van der Waals surface area contributed by atoms with Gasteiger partial charge in [-0.25, -0.2) is 4.98 Å². The van der Waals surface area contributed by atoms with Crippen LogP contribution in [-0.4, -0.2) is 36.2 Å². The van der Waals surface area contributed by atoms with Crippen LogP contribution in [0.5, 0.6) is 0 Å². The maximum Gasteiger partial charge on any atom is 0.270 e. The van der Waals surface area contributed by atoms with Crippen molar-refractivity contribution in [2.75, 3.05) is 25.1 Å². The van der Waals surface area contributed by atoms with Gasteiger partial charge >= 0.3 is 0 Å². The highest BCUT2D eigenvalue weighted by atomic mass is 16.5. The Hall–Kier alpha value is -1.62. The first-order valence-electron chi connectivity index (χ1n) is 6.73. The summed E-state index contributed by atoms with van der Waals surface area (Å²) in [6, 6.07) is 3.60. The summed E-state index contributed by atoms with van der Waals surface area (Å²) in [7, 11) is 0. The van der Waals surface area contributed by atoms with E-state index >= 15 is 0 Å². The minimum atomic E-state index is -0.280. The first-order chi connectivity index (χ1) is 9.13. The minimum Gasteiger partial charge on any atom is -0.384 e. The molecule has 1 fully saturated rings. The summed E-state index contributed by atoms with van der Waals surface area (Å²) in [5.74, 6) is -0.143. The maximum atomic E-state index is 12.1. The number of carbonyl (C=O) groups is 1. The van der Waals surface area contributed by atoms with E-state index in [1.54, 1.807) is 12.3 Å². The molecule has 0 radical (unpaired) electrons. The zero-order valence-corrected chi connectivity index (χ0v) is 11.5. The number of anilines is 1. The van der Waals surface area contributed by atoms with Crippen molar-refractivity contribution >= 4 is 11.6 Å². The van der Waals surface area contributed by atoms with Gasteiger partial charge in [-0.05, 0) is 38.8 Å². The lowest BCUT2D eigenvalue weighted by molar-refractivity contribution is 0.0271. The standard InChI is InChI=1S/C14H21N3O2/c1-3-15-11-5-6-12(16-9-11)13(18)17-14(2)7-4-8-19-10-14/h5-6,9,15H,3-4,7-8,10H2,1-2H3,(H,17,18). The number of amides is 1. The fourth-order valence-electron chi connectivity index (χ4n) is 2.21. The molecule has 1 unspecified atom stereocenters. The van der Waals surface area contributed by atoms with Gasteiger partial charge in [0.15, 0.2) is 0 Å². The summed E-state index contributed by atoms with van der Waals surface area (Å²) < 4.78 is 5.43. The number of aromatic nitrogens is 1. The summed E-state index contributed by atoms with van der Waals surface area (Å²) in [6.07, 6.45) is 3.59. The molecular formula is C14H21N3O2. The number of carbonyl (C=O) groups excluding carboxylic acids is 1. The van der Waals surface area contributed by atoms with Gasteiger partial charge in [-0.3, -0.25) is 4.79 Å². The highest BCUT2D eigenvalue weighted by molar-refractivity contribution is 5.93. The first-order valence-corrected chi connectivity index (χ1v) is 6.73. The van der Waals surface area contributed by atoms with Crippen molar-refractivity contribution in [3.63, 3.8) is 0 Å². The van der Waals surface area contributed by atoms with Crippen LogP contribution in [0.4, 0.5) is 5.69 Å². The molecule has 1 aromatic heterocycles. The molecule has 19 heavy (non-hydrogen) atoms. The Kier molecular flexibility index (Phi) is 4.37. The highest BCUT2D eigenvalue weighted by Gasteiger charge is 2.29. The molecule has 0 aromatic carbocycles. The second-order valence-electron chi connectivity index (χ2n) is 5.13. The van der Waals surface area contributed by atoms with E-state index in [2.05, 4.69) is 15.6 Å². The van der Waals surface area contributed by atoms with Crippen molar-refractivity contribution in [3.8, 4) is 0 Å². The molecule has 1 aliphatic rings. The fraction of sp³-hybridized carbons (Fsp3) is 0.571. The molecule has 1 saturated heterocycles. The van der Waals surface area contributed by atoms with E-state index in [-0.39, 0.29) is 11.4 Å². The number of nitrogens with zero attached hydrogens (tertiary/aromatic N) is 1. The lowest BCUT2D eigenvalue weighted by Crippen LogP contribution is -2.51. The number of rotatable bonds is 4. The van der Waals surface area contributed by atoms with E-state index in [0.29, 0.717) is 12.3 Å². The van der Waals surface area contributed by atoms with Crippen LogP contribution in [0.2, 0.25) is 0 Å². The zero-order valence-electron chi connectivity index (χ0n) is 11.5. The van der Waals surface area contributed by atoms with Crippen LogP contribution < -0.4 is 10.6 Å². The third-order valence-corrected chi connectivity index (χ3v) is 3.23. The second-order valence-corrected chi connectivity index (χ2v) is 5.13. The molecule has 1 aromatic rings. The smallest absolute Gasteiger partial charge is 0.270 e. The molecule has 1 aliphatic heterocycles. The van der Waals surface area contributed by atoms with E-state index in [9.17, 15) is 4.79 Å². The van der Waals surface area contributed by atoms with Crippen LogP contribution in [0.25, 0.3) is 0 Å². The third-order valence-electron chi connectivity index (χ3n) is 3.23. The van der Waals surface area contributed by atoms with Crippen LogP contribution in [0, 0.1) is 0 Å². The van der Waals surface area contributed by atoms with E-state index in [4.69, 9.17) is 4.74 Å². The van der Waals surface area contributed by atoms with Gasteiger partial charge < -0.3 is 15.4 Å². The highest BCUT2D eigenvalue weighted by Crippen LogP contribution is 2.18. The fourth-order valence-corrected chi connectivity index (χ4v) is 2.21. The van der Waals surface area contributed by atoms with Crippen LogP contribution in [0.3, 0.4) is 0 Å². The van der Waals surface area contributed by atoms with Gasteiger partial charge in [-0.15, -0.1) is 0 Å². The molecule has 0 aliphatic carbocycles. The third kappa shape index (κ3) is 3.67. The summed E-state index contributed by atoms with van der Waals surface area (Å²) in [4.78, 5) is 16.3. The molecule has 2 heterocycles. The molecule has 0 spiro atoms. The van der Waals surface area contributed by atoms with Crippen LogP contribution in [-0.2, 0) is 4.74 Å². The Bertz CT molecular complexity index is 425. The van der Waals surface area contributed by atoms with Gasteiger partial charge in [0.1, 0.15) is 5.69 Å². The molecule has 2 rings (SSSR count). The molecule has 2 N–H and O–H groups in total. The SMILES string of the molecule is CCNc1ccc(C(=O)NC2(C)CCCOC2)nc1. The van der Waals surface area contributed by atoms with Gasteiger partial charge in [0, 0.05) is 13.2 Å². The maximum absolute atomic E-state index is 12.1. The Morgan fingerprint density at radius 3 is 2.95 bits per heavy atom. The minimum absolute atomic E-state index is 0.143. The number of hydrogen-bond donors (Lipinski definition) is 2. The Morgan fingerprint density at radius 1 is 1.53 bits per heavy atom. The van der Waals surface area contributed by atoms with E-state index in [1.807, 2.05) is 19.9 Å². The number of pyridine rings is 1. The van der Waals surface area contributed by atoms with Gasteiger partial charge in [-0.1, -0.05) is 0 Å². The van der Waals surface area contributed by atoms with Gasteiger partial charge in [0.2, 0.25) is 0 Å². The van der Waals surface area contributed by atoms with Crippen molar-refractivity contribution in [1.29, 1.82) is 0 Å². The summed E-state index contributed by atoms with van der Waals surface area (Å²) in [6.45, 7) is 6.21. The normalized spacial score (nSPS) is 22.8. The number of hydrogen-bond acceptors (Lipinski definition) is 4. The van der Waals surface area contributed by atoms with E-state index in [0.717, 1.165) is 31.7 Å². The monoisotopic (exact) mass is 263 g/mol. The number of nitrogens with one attached hydrogen (secondary N) is 2. The average Bonchev–Trinajstić information content (AvgIpc) is 2.40. The Balaban J connectivity index is 1.99. The summed E-state index contributed by atoms with van der Waals surface area (Å²) in [5, 5.41) is 6.16. The van der Waals surface area contributed by atoms with Crippen molar-refractivity contribution in [2.24, 2.45) is 0 Å². The van der Waals surface area contributed by atoms with Crippen molar-refractivity contribution in [3.05, 3.63) is 24.0 Å². The zero-order chi connectivity index (χ0) is 13.7. The summed E-state index contributed by atoms with van der Waals surface area (Å²) in [5.41, 5.74) is 1.08. The van der Waals surface area contributed by atoms with Gasteiger partial charge in [0.05, 0.1) is 24.0 Å². The van der Waals surface area contributed by atoms with Crippen LogP contribution in [0.1, 0.15) is 37.2 Å². The second kappa shape index (κ2) is 6.02. The lowest BCUT2D eigenvalue weighted by Gasteiger charge is -2.34. The van der Waals surface area contributed by atoms with Crippen molar-refractivity contribution in [2.45, 2.75) is 32.2 Å². The average molecular weight is 263 g/mol. The van der Waals surface area contributed by atoms with Crippen LogP contribution >= 0.6 is 0 Å². The molecule has 5 heteroatoms. The predicted octanol–water partition coefficient (Wildman–Crippen LogP) is 1.81. The molecule has 104 valence electrons. The first kappa shape index (κ1) is 13.8.